The second-order valence-corrected chi connectivity index (χ2v) is 5.04. The average molecular weight is 428 g/mol. The number of hydrogen-bond donors (Lipinski definition) is 10. The fraction of sp³-hybridized carbons (Fsp3) is 0.643. The first-order valence-corrected chi connectivity index (χ1v) is 8.05. The summed E-state index contributed by atoms with van der Waals surface area (Å²) >= 11 is 0. The van der Waals surface area contributed by atoms with Crippen LogP contribution in [-0.2, 0) is 24.0 Å². The van der Waals surface area contributed by atoms with Crippen LogP contribution in [0, 0.1) is 0 Å². The minimum absolute atomic E-state index is 0.278. The Balaban J connectivity index is -0.000000151. The van der Waals surface area contributed by atoms with Crippen LogP contribution in [-0.4, -0.2) is 81.9 Å². The highest BCUT2D eigenvalue weighted by molar-refractivity contribution is 5.83. The minimum Gasteiger partial charge on any atom is -0.480 e. The van der Waals surface area contributed by atoms with Crippen LogP contribution >= 0.6 is 0 Å². The Morgan fingerprint density at radius 2 is 1.03 bits per heavy atom. The summed E-state index contributed by atoms with van der Waals surface area (Å²) in [4.78, 5) is 48.5. The molecular weight excluding hydrogens is 396 g/mol. The number of carbonyl (C=O) groups is 5. The smallest absolute Gasteiger partial charge is 0.321 e. The molecule has 0 bridgehead atoms. The van der Waals surface area contributed by atoms with E-state index >= 15 is 0 Å². The standard InChI is InChI=1S/C6H14N2O2.C4H8N2O3.2C2H5NO2/c7-4-2-1-3-5(8)6(9)10;5-2(4(8)9)1-3(6)7;2*3-1-2(4)5/h5H,1-4,7-8H2,(H,9,10);2H,1,5H2,(H2,6,7)(H,8,9);2*1,3H2,(H,4,5)/t5-;2-;;/m00../s1. The maximum atomic E-state index is 10.1. The van der Waals surface area contributed by atoms with Gasteiger partial charge in [0.25, 0.3) is 0 Å². The summed E-state index contributed by atoms with van der Waals surface area (Å²) in [6, 6.07) is -1.88. The van der Waals surface area contributed by atoms with Crippen molar-refractivity contribution in [3.63, 3.8) is 0 Å². The zero-order chi connectivity index (χ0) is 24.0. The van der Waals surface area contributed by atoms with E-state index < -0.39 is 41.9 Å². The molecule has 1 amide bonds. The molecule has 29 heavy (non-hydrogen) atoms. The molecule has 0 aromatic rings. The molecule has 2 atom stereocenters. The second kappa shape index (κ2) is 23.2. The van der Waals surface area contributed by atoms with E-state index in [4.69, 9.17) is 37.6 Å². The molecule has 0 rings (SSSR count). The molecule has 0 aromatic heterocycles. The van der Waals surface area contributed by atoms with Gasteiger partial charge in [-0.1, -0.05) is 6.42 Å². The van der Waals surface area contributed by atoms with Crippen LogP contribution in [0.4, 0.5) is 0 Å². The molecule has 0 saturated heterocycles. The molecule has 0 aliphatic heterocycles. The fourth-order valence-corrected chi connectivity index (χ4v) is 0.936. The first kappa shape index (κ1) is 33.7. The monoisotopic (exact) mass is 428 g/mol. The van der Waals surface area contributed by atoms with Gasteiger partial charge in [-0.2, -0.15) is 0 Å². The predicted molar refractivity (Wildman–Crippen MR) is 101 cm³/mol. The van der Waals surface area contributed by atoms with Gasteiger partial charge in [0, 0.05) is 0 Å². The summed E-state index contributed by atoms with van der Waals surface area (Å²) in [5.74, 6) is -4.79. The van der Waals surface area contributed by atoms with Gasteiger partial charge in [0.05, 0.1) is 19.5 Å². The third-order valence-corrected chi connectivity index (χ3v) is 2.37. The van der Waals surface area contributed by atoms with Crippen LogP contribution in [0.15, 0.2) is 0 Å². The first-order valence-electron chi connectivity index (χ1n) is 8.05. The average Bonchev–Trinajstić information content (AvgIpc) is 2.62. The predicted octanol–water partition coefficient (Wildman–Crippen LogP) is -4.14. The number of carbonyl (C=O) groups excluding carboxylic acids is 1. The van der Waals surface area contributed by atoms with Crippen molar-refractivity contribution < 1.29 is 44.4 Å². The van der Waals surface area contributed by atoms with Gasteiger partial charge in [-0.3, -0.25) is 24.0 Å². The molecular formula is C14H32N6O9. The Hall–Kier alpha value is -2.85. The highest BCUT2D eigenvalue weighted by Crippen LogP contribution is 1.96. The number of hydrogen-bond acceptors (Lipinski definition) is 10. The number of rotatable bonds is 10. The van der Waals surface area contributed by atoms with Gasteiger partial charge < -0.3 is 54.8 Å². The van der Waals surface area contributed by atoms with Crippen molar-refractivity contribution in [2.75, 3.05) is 19.6 Å². The molecule has 15 nitrogen and oxygen atoms in total. The number of nitrogens with two attached hydrogens (primary N) is 6. The third kappa shape index (κ3) is 40.9. The molecule has 0 aliphatic rings. The van der Waals surface area contributed by atoms with Crippen molar-refractivity contribution in [2.45, 2.75) is 37.8 Å². The van der Waals surface area contributed by atoms with Crippen molar-refractivity contribution in [2.24, 2.45) is 34.4 Å². The topological polar surface area (TPSA) is 322 Å². The van der Waals surface area contributed by atoms with Crippen LogP contribution < -0.4 is 34.4 Å². The summed E-state index contributed by atoms with van der Waals surface area (Å²) in [7, 11) is 0. The molecule has 172 valence electrons. The van der Waals surface area contributed by atoms with Crippen LogP contribution in [0.25, 0.3) is 0 Å². The lowest BCUT2D eigenvalue weighted by Crippen LogP contribution is -2.34. The molecule has 0 aliphatic carbocycles. The number of unbranched alkanes of at least 4 members (excludes halogenated alkanes) is 1. The normalized spacial score (nSPS) is 10.9. The Labute approximate surface area is 167 Å². The van der Waals surface area contributed by atoms with E-state index in [9.17, 15) is 24.0 Å². The molecule has 15 heteroatoms. The van der Waals surface area contributed by atoms with E-state index in [1.54, 1.807) is 0 Å². The van der Waals surface area contributed by atoms with E-state index in [2.05, 4.69) is 17.2 Å². The molecule has 16 N–H and O–H groups in total. The van der Waals surface area contributed by atoms with Crippen LogP contribution in [0.3, 0.4) is 0 Å². The molecule has 0 heterocycles. The SMILES string of the molecule is NC(=O)C[C@H](N)C(=O)O.NCC(=O)O.NCC(=O)O.NCCCC[C@H](N)C(=O)O. The summed E-state index contributed by atoms with van der Waals surface area (Å²) in [5.41, 5.74) is 29.1. The molecule has 0 aromatic carbocycles. The zero-order valence-corrected chi connectivity index (χ0v) is 15.9. The summed E-state index contributed by atoms with van der Waals surface area (Å²) in [6.45, 7) is 0.0480. The molecule has 0 saturated carbocycles. The van der Waals surface area contributed by atoms with E-state index in [0.29, 0.717) is 13.0 Å². The van der Waals surface area contributed by atoms with E-state index in [0.717, 1.165) is 12.8 Å². The van der Waals surface area contributed by atoms with Crippen molar-refractivity contribution >= 4 is 29.8 Å². The maximum absolute atomic E-state index is 10.1. The van der Waals surface area contributed by atoms with Gasteiger partial charge in [-0.15, -0.1) is 0 Å². The largest absolute Gasteiger partial charge is 0.480 e. The minimum atomic E-state index is -1.21. The van der Waals surface area contributed by atoms with Gasteiger partial charge in [-0.05, 0) is 19.4 Å². The van der Waals surface area contributed by atoms with Crippen LogP contribution in [0.5, 0.6) is 0 Å². The number of carboxylic acids is 4. The zero-order valence-electron chi connectivity index (χ0n) is 15.9. The summed E-state index contributed by atoms with van der Waals surface area (Å²) < 4.78 is 0. The lowest BCUT2D eigenvalue weighted by molar-refractivity contribution is -0.140. The molecule has 0 unspecified atom stereocenters. The van der Waals surface area contributed by atoms with E-state index in [1.807, 2.05) is 0 Å². The molecule has 0 radical (unpaired) electrons. The Bertz CT molecular complexity index is 476. The van der Waals surface area contributed by atoms with Gasteiger partial charge >= 0.3 is 23.9 Å². The van der Waals surface area contributed by atoms with Crippen LogP contribution in [0.2, 0.25) is 0 Å². The van der Waals surface area contributed by atoms with Crippen molar-refractivity contribution in [1.82, 2.24) is 0 Å². The van der Waals surface area contributed by atoms with Gasteiger partial charge in [0.1, 0.15) is 12.1 Å². The second-order valence-electron chi connectivity index (χ2n) is 5.04. The molecule has 0 spiro atoms. The number of aliphatic carboxylic acids is 4. The Morgan fingerprint density at radius 3 is 1.21 bits per heavy atom. The first-order chi connectivity index (χ1) is 13.3. The van der Waals surface area contributed by atoms with Gasteiger partial charge in [0.2, 0.25) is 5.91 Å². The number of carboxylic acid groups (broad SMARTS) is 4. The number of amides is 1. The Kier molecular flexibility index (Phi) is 27.0. The highest BCUT2D eigenvalue weighted by atomic mass is 16.4. The van der Waals surface area contributed by atoms with Crippen molar-refractivity contribution in [3.8, 4) is 0 Å². The molecule has 0 fully saturated rings. The van der Waals surface area contributed by atoms with E-state index in [-0.39, 0.29) is 19.5 Å². The maximum Gasteiger partial charge on any atom is 0.321 e. The number of primary amides is 1. The van der Waals surface area contributed by atoms with Crippen molar-refractivity contribution in [1.29, 1.82) is 0 Å². The quantitative estimate of drug-likeness (QED) is 0.148. The fourth-order valence-electron chi connectivity index (χ4n) is 0.936. The summed E-state index contributed by atoms with van der Waals surface area (Å²) in [5, 5.41) is 31.6. The van der Waals surface area contributed by atoms with E-state index in [1.165, 1.54) is 0 Å². The lowest BCUT2D eigenvalue weighted by Gasteiger charge is -2.03. The lowest BCUT2D eigenvalue weighted by atomic mass is 10.1. The Morgan fingerprint density at radius 1 is 0.690 bits per heavy atom. The van der Waals surface area contributed by atoms with Gasteiger partial charge in [-0.25, -0.2) is 0 Å². The third-order valence-electron chi connectivity index (χ3n) is 2.37. The summed E-state index contributed by atoms with van der Waals surface area (Å²) in [6.07, 6.45) is 1.85. The van der Waals surface area contributed by atoms with Gasteiger partial charge in [0.15, 0.2) is 0 Å². The van der Waals surface area contributed by atoms with Crippen molar-refractivity contribution in [3.05, 3.63) is 0 Å². The van der Waals surface area contributed by atoms with Crippen LogP contribution in [0.1, 0.15) is 25.7 Å². The highest BCUT2D eigenvalue weighted by Gasteiger charge is 2.13.